The minimum atomic E-state index is 0.574. The van der Waals surface area contributed by atoms with Gasteiger partial charge in [0.25, 0.3) is 0 Å². The summed E-state index contributed by atoms with van der Waals surface area (Å²) in [6.07, 6.45) is 13.3. The summed E-state index contributed by atoms with van der Waals surface area (Å²) in [5.41, 5.74) is 8.28. The van der Waals surface area contributed by atoms with E-state index in [2.05, 4.69) is 12.1 Å². The minimum absolute atomic E-state index is 0.574. The predicted molar refractivity (Wildman–Crippen MR) is 113 cm³/mol. The molecule has 145 valence electrons. The largest absolute Gasteiger partial charge is 0.494 e. The van der Waals surface area contributed by atoms with E-state index in [4.69, 9.17) is 10.5 Å². The molecule has 0 aliphatic heterocycles. The summed E-state index contributed by atoms with van der Waals surface area (Å²) >= 11 is 0. The SMILES string of the molecule is NCCCCCCCCCCCOc1ccc(-c2ccc([C]=O)cc2)cc1. The molecule has 0 unspecified atom stereocenters. The molecule has 0 aromatic heterocycles. The molecule has 3 heteroatoms. The summed E-state index contributed by atoms with van der Waals surface area (Å²) in [6, 6.07) is 15.6. The van der Waals surface area contributed by atoms with Crippen molar-refractivity contribution in [1.29, 1.82) is 0 Å². The van der Waals surface area contributed by atoms with E-state index in [0.717, 1.165) is 36.4 Å². The monoisotopic (exact) mass is 366 g/mol. The van der Waals surface area contributed by atoms with Crippen LogP contribution < -0.4 is 10.5 Å². The maximum Gasteiger partial charge on any atom is 0.233 e. The van der Waals surface area contributed by atoms with Crippen LogP contribution in [0, 0.1) is 0 Å². The Morgan fingerprint density at radius 2 is 1.15 bits per heavy atom. The first-order chi connectivity index (χ1) is 13.3. The molecule has 2 rings (SSSR count). The van der Waals surface area contributed by atoms with E-state index in [-0.39, 0.29) is 0 Å². The first-order valence-corrected chi connectivity index (χ1v) is 10.2. The van der Waals surface area contributed by atoms with Gasteiger partial charge in [0.15, 0.2) is 0 Å². The molecule has 2 aromatic carbocycles. The molecule has 0 saturated heterocycles. The molecular weight excluding hydrogens is 334 g/mol. The maximum atomic E-state index is 10.6. The van der Waals surface area contributed by atoms with Gasteiger partial charge >= 0.3 is 0 Å². The van der Waals surface area contributed by atoms with Gasteiger partial charge in [-0.2, -0.15) is 0 Å². The molecule has 1 radical (unpaired) electrons. The Morgan fingerprint density at radius 1 is 0.667 bits per heavy atom. The second-order valence-electron chi connectivity index (χ2n) is 7.02. The molecule has 0 amide bonds. The number of nitrogens with two attached hydrogens (primary N) is 1. The van der Waals surface area contributed by atoms with E-state index < -0.39 is 0 Å². The molecule has 0 aliphatic carbocycles. The topological polar surface area (TPSA) is 52.3 Å². The molecule has 2 N–H and O–H groups in total. The Morgan fingerprint density at radius 3 is 1.67 bits per heavy atom. The Kier molecular flexibility index (Phi) is 10.3. The lowest BCUT2D eigenvalue weighted by Crippen LogP contribution is -1.97. The zero-order chi connectivity index (χ0) is 19.2. The highest BCUT2D eigenvalue weighted by Crippen LogP contribution is 2.23. The van der Waals surface area contributed by atoms with Gasteiger partial charge in [-0.05, 0) is 42.6 Å². The van der Waals surface area contributed by atoms with Gasteiger partial charge in [0.1, 0.15) is 5.75 Å². The first kappa shape index (κ1) is 21.2. The molecule has 0 heterocycles. The maximum absolute atomic E-state index is 10.6. The number of benzene rings is 2. The molecule has 3 nitrogen and oxygen atoms in total. The number of hydrogen-bond acceptors (Lipinski definition) is 3. The Balaban J connectivity index is 1.57. The van der Waals surface area contributed by atoms with Crippen LogP contribution in [0.1, 0.15) is 63.4 Å². The van der Waals surface area contributed by atoms with Crippen molar-refractivity contribution in [1.82, 2.24) is 0 Å². The van der Waals surface area contributed by atoms with Gasteiger partial charge in [0.2, 0.25) is 6.29 Å². The summed E-state index contributed by atoms with van der Waals surface area (Å²) in [5, 5.41) is 0. The van der Waals surface area contributed by atoms with Gasteiger partial charge in [-0.25, -0.2) is 0 Å². The molecule has 0 bridgehead atoms. The van der Waals surface area contributed by atoms with Gasteiger partial charge in [-0.15, -0.1) is 0 Å². The Hall–Kier alpha value is -2.13. The van der Waals surface area contributed by atoms with Crippen molar-refractivity contribution < 1.29 is 9.53 Å². The van der Waals surface area contributed by atoms with Crippen LogP contribution in [-0.4, -0.2) is 19.4 Å². The second kappa shape index (κ2) is 13.1. The van der Waals surface area contributed by atoms with Crippen LogP contribution in [0.3, 0.4) is 0 Å². The van der Waals surface area contributed by atoms with Crippen molar-refractivity contribution in [3.05, 3.63) is 54.1 Å². The van der Waals surface area contributed by atoms with E-state index in [1.54, 1.807) is 12.1 Å². The van der Waals surface area contributed by atoms with Crippen LogP contribution in [0.5, 0.6) is 5.75 Å². The van der Waals surface area contributed by atoms with Crippen LogP contribution in [0.15, 0.2) is 48.5 Å². The average molecular weight is 367 g/mol. The third-order valence-electron chi connectivity index (χ3n) is 4.81. The fraction of sp³-hybridized carbons (Fsp3) is 0.458. The quantitative estimate of drug-likeness (QED) is 0.439. The van der Waals surface area contributed by atoms with E-state index in [0.29, 0.717) is 5.56 Å². The molecule has 0 aliphatic rings. The van der Waals surface area contributed by atoms with E-state index in [1.807, 2.05) is 30.6 Å². The van der Waals surface area contributed by atoms with Crippen molar-refractivity contribution in [2.45, 2.75) is 57.8 Å². The van der Waals surface area contributed by atoms with Gasteiger partial charge in [0.05, 0.1) is 6.61 Å². The van der Waals surface area contributed by atoms with Crippen molar-refractivity contribution in [2.75, 3.05) is 13.2 Å². The van der Waals surface area contributed by atoms with Crippen molar-refractivity contribution >= 4 is 6.29 Å². The van der Waals surface area contributed by atoms with E-state index in [9.17, 15) is 4.79 Å². The number of rotatable bonds is 14. The highest BCUT2D eigenvalue weighted by atomic mass is 16.5. The average Bonchev–Trinajstić information content (AvgIpc) is 2.72. The second-order valence-corrected chi connectivity index (χ2v) is 7.02. The minimum Gasteiger partial charge on any atom is -0.494 e. The molecule has 0 saturated carbocycles. The van der Waals surface area contributed by atoms with Crippen LogP contribution >= 0.6 is 0 Å². The predicted octanol–water partition coefficient (Wildman–Crippen LogP) is 5.66. The molecular formula is C24H32NO2. The van der Waals surface area contributed by atoms with Gasteiger partial charge < -0.3 is 10.5 Å². The van der Waals surface area contributed by atoms with Crippen molar-refractivity contribution in [3.8, 4) is 16.9 Å². The van der Waals surface area contributed by atoms with Crippen LogP contribution in [0.2, 0.25) is 0 Å². The van der Waals surface area contributed by atoms with Gasteiger partial charge in [-0.3, -0.25) is 4.79 Å². The fourth-order valence-electron chi connectivity index (χ4n) is 3.15. The number of hydrogen-bond donors (Lipinski definition) is 1. The number of ether oxygens (including phenoxy) is 1. The standard InChI is InChI=1S/C24H32NO2/c25-18-8-6-4-2-1-3-5-7-9-19-27-24-16-14-23(15-17-24)22-12-10-21(20-26)11-13-22/h10-17H,1-9,18-19,25H2. The summed E-state index contributed by atoms with van der Waals surface area (Å²) in [4.78, 5) is 10.6. The third-order valence-corrected chi connectivity index (χ3v) is 4.81. The summed E-state index contributed by atoms with van der Waals surface area (Å²) in [7, 11) is 0. The molecule has 0 spiro atoms. The van der Waals surface area contributed by atoms with Crippen molar-refractivity contribution in [2.24, 2.45) is 5.73 Å². The summed E-state index contributed by atoms with van der Waals surface area (Å²) in [5.74, 6) is 0.913. The third kappa shape index (κ3) is 8.40. The van der Waals surface area contributed by atoms with Crippen molar-refractivity contribution in [3.63, 3.8) is 0 Å². The lowest BCUT2D eigenvalue weighted by molar-refractivity contribution is 0.304. The lowest BCUT2D eigenvalue weighted by atomic mass is 10.0. The zero-order valence-electron chi connectivity index (χ0n) is 16.3. The number of carbonyl (C=O) groups excluding carboxylic acids is 1. The highest BCUT2D eigenvalue weighted by molar-refractivity contribution is 5.77. The van der Waals surface area contributed by atoms with Gasteiger partial charge in [-0.1, -0.05) is 81.3 Å². The van der Waals surface area contributed by atoms with Crippen LogP contribution in [0.4, 0.5) is 0 Å². The molecule has 0 fully saturated rings. The summed E-state index contributed by atoms with van der Waals surface area (Å²) in [6.45, 7) is 1.61. The summed E-state index contributed by atoms with van der Waals surface area (Å²) < 4.78 is 5.84. The van der Waals surface area contributed by atoms with E-state index >= 15 is 0 Å². The number of unbranched alkanes of at least 4 members (excludes halogenated alkanes) is 8. The Labute approximate surface area is 163 Å². The molecule has 27 heavy (non-hydrogen) atoms. The highest BCUT2D eigenvalue weighted by Gasteiger charge is 2.00. The molecule has 2 aromatic rings. The normalized spacial score (nSPS) is 10.7. The fourth-order valence-corrected chi connectivity index (χ4v) is 3.15. The zero-order valence-corrected chi connectivity index (χ0v) is 16.3. The van der Waals surface area contributed by atoms with Crippen LogP contribution in [-0.2, 0) is 4.79 Å². The Bertz CT molecular complexity index is 634. The smallest absolute Gasteiger partial charge is 0.233 e. The first-order valence-electron chi connectivity index (χ1n) is 10.2. The van der Waals surface area contributed by atoms with E-state index in [1.165, 1.54) is 51.4 Å². The van der Waals surface area contributed by atoms with Gasteiger partial charge in [0, 0.05) is 5.56 Å². The van der Waals surface area contributed by atoms with Crippen LogP contribution in [0.25, 0.3) is 11.1 Å². The lowest BCUT2D eigenvalue weighted by Gasteiger charge is -2.08. The molecule has 0 atom stereocenters.